The Labute approximate surface area is 248 Å². The van der Waals surface area contributed by atoms with Gasteiger partial charge in [-0.05, 0) is 18.2 Å². The summed E-state index contributed by atoms with van der Waals surface area (Å²) in [5, 5.41) is 24.8. The maximum Gasteiger partial charge on any atom is 0.379 e. The summed E-state index contributed by atoms with van der Waals surface area (Å²) in [4.78, 5) is 28.7. The van der Waals surface area contributed by atoms with E-state index in [2.05, 4.69) is 25.5 Å². The Morgan fingerprint density at radius 2 is 2.02 bits per heavy atom. The number of nitrogen functional groups attached to an aromatic ring is 1. The van der Waals surface area contributed by atoms with Crippen molar-refractivity contribution in [3.63, 3.8) is 0 Å². The van der Waals surface area contributed by atoms with E-state index in [4.69, 9.17) is 24.4 Å². The van der Waals surface area contributed by atoms with Crippen LogP contribution >= 0.6 is 23.1 Å². The molecule has 1 aliphatic heterocycles. The molecule has 16 heteroatoms. The molecule has 1 atom stereocenters. The fourth-order valence-electron chi connectivity index (χ4n) is 4.39. The second-order valence-corrected chi connectivity index (χ2v) is 11.4. The zero-order valence-corrected chi connectivity index (χ0v) is 24.4. The Kier molecular flexibility index (Phi) is 9.26. The van der Waals surface area contributed by atoms with Crippen molar-refractivity contribution in [1.29, 1.82) is 0 Å². The van der Waals surface area contributed by atoms with Crippen molar-refractivity contribution in [3.8, 4) is 33.5 Å². The number of carbonyl (C=O) groups excluding carboxylic acids is 1. The summed E-state index contributed by atoms with van der Waals surface area (Å²) in [5.41, 5.74) is 5.70. The third-order valence-electron chi connectivity index (χ3n) is 6.40. The van der Waals surface area contributed by atoms with E-state index in [9.17, 15) is 14.7 Å². The van der Waals surface area contributed by atoms with Gasteiger partial charge in [0, 0.05) is 42.3 Å². The van der Waals surface area contributed by atoms with Gasteiger partial charge in [0.25, 0.3) is 5.91 Å². The summed E-state index contributed by atoms with van der Waals surface area (Å²) in [6, 6.07) is 8.16. The van der Waals surface area contributed by atoms with Crippen LogP contribution in [0, 0.1) is 0 Å². The lowest BCUT2D eigenvalue weighted by molar-refractivity contribution is 0.0991. The molecule has 1 amide bonds. The van der Waals surface area contributed by atoms with E-state index in [-0.39, 0.29) is 40.7 Å². The quantitative estimate of drug-likeness (QED) is 0.223. The van der Waals surface area contributed by atoms with Crippen LogP contribution in [-0.2, 0) is 0 Å². The lowest BCUT2D eigenvalue weighted by Crippen LogP contribution is -2.41. The Morgan fingerprint density at radius 3 is 2.71 bits per heavy atom. The van der Waals surface area contributed by atoms with Crippen LogP contribution in [-0.4, -0.2) is 94.0 Å². The minimum atomic E-state index is -0.852. The average molecular weight is 616 g/mol. The molecule has 1 aliphatic rings. The number of anilines is 2. The van der Waals surface area contributed by atoms with E-state index in [0.717, 1.165) is 23.6 Å². The highest BCUT2D eigenvalue weighted by Gasteiger charge is 2.26. The normalized spacial score (nSPS) is 15.4. The molecule has 222 valence electrons. The van der Waals surface area contributed by atoms with Gasteiger partial charge >= 0.3 is 5.63 Å². The number of hydrogen-bond donors (Lipinski definition) is 3. The Bertz CT molecular complexity index is 1580. The Hall–Kier alpha value is -4.12. The molecule has 0 bridgehead atoms. The third kappa shape index (κ3) is 6.35. The summed E-state index contributed by atoms with van der Waals surface area (Å²) in [6.07, 6.45) is 1.51. The number of rotatable bonds is 11. The monoisotopic (exact) mass is 615 g/mol. The summed E-state index contributed by atoms with van der Waals surface area (Å²) in [7, 11) is 2.98. The van der Waals surface area contributed by atoms with Crippen molar-refractivity contribution in [2.45, 2.75) is 5.25 Å². The number of amides is 1. The van der Waals surface area contributed by atoms with E-state index < -0.39 is 11.5 Å². The summed E-state index contributed by atoms with van der Waals surface area (Å²) >= 11 is 2.77. The van der Waals surface area contributed by atoms with Crippen molar-refractivity contribution >= 4 is 40.0 Å². The van der Waals surface area contributed by atoms with Crippen LogP contribution in [0.5, 0.6) is 17.2 Å². The molecule has 5 rings (SSSR count). The molecule has 4 heterocycles. The van der Waals surface area contributed by atoms with E-state index >= 15 is 0 Å². The first-order valence-electron chi connectivity index (χ1n) is 12.8. The lowest BCUT2D eigenvalue weighted by atomic mass is 10.0. The fourth-order valence-corrected chi connectivity index (χ4v) is 6.23. The molecule has 4 N–H and O–H groups in total. The molecule has 1 fully saturated rings. The van der Waals surface area contributed by atoms with E-state index in [0.29, 0.717) is 41.1 Å². The molecule has 0 saturated carbocycles. The standard InChI is InChI=1S/C26H29N7O7S2/c1-37-17-4-3-5-18(38-2)21(17)16-12-19(23(35)29-25-30-31-26(42-25)33-20(27)6-7-28-33)40-24(36)22(16)39-10-8-32-9-11-41-15(13-32)14-34/h3-7,12,15,34H,8-11,13-14,27H2,1-2H3,(H,29,30,35). The van der Waals surface area contributed by atoms with Crippen LogP contribution in [0.15, 0.2) is 45.7 Å². The predicted molar refractivity (Wildman–Crippen MR) is 158 cm³/mol. The highest BCUT2D eigenvalue weighted by atomic mass is 32.2. The van der Waals surface area contributed by atoms with Gasteiger partial charge in [0.05, 0.1) is 32.6 Å². The van der Waals surface area contributed by atoms with Crippen molar-refractivity contribution < 1.29 is 28.5 Å². The van der Waals surface area contributed by atoms with Gasteiger partial charge in [-0.2, -0.15) is 21.5 Å². The maximum atomic E-state index is 13.3. The number of thioether (sulfide) groups is 1. The number of hydrogen-bond acceptors (Lipinski definition) is 14. The number of ether oxygens (including phenoxy) is 3. The third-order valence-corrected chi connectivity index (χ3v) is 8.40. The zero-order chi connectivity index (χ0) is 29.6. The van der Waals surface area contributed by atoms with Gasteiger partial charge in [-0.15, -0.1) is 10.2 Å². The number of nitrogens with two attached hydrogens (primary N) is 1. The average Bonchev–Trinajstić information content (AvgIpc) is 3.65. The SMILES string of the molecule is COc1cccc(OC)c1-c1cc(C(=O)Nc2nnc(-n3nccc3N)s2)oc(=O)c1OCCN1CCSC(CO)C1. The Morgan fingerprint density at radius 1 is 1.24 bits per heavy atom. The second-order valence-electron chi connectivity index (χ2n) is 9.01. The minimum Gasteiger partial charge on any atom is -0.496 e. The molecule has 4 aromatic rings. The predicted octanol–water partition coefficient (Wildman–Crippen LogP) is 1.98. The number of aliphatic hydroxyl groups is 1. The second kappa shape index (κ2) is 13.2. The smallest absolute Gasteiger partial charge is 0.379 e. The highest BCUT2D eigenvalue weighted by Crippen LogP contribution is 2.42. The highest BCUT2D eigenvalue weighted by molar-refractivity contribution is 8.00. The van der Waals surface area contributed by atoms with Crippen molar-refractivity contribution in [2.24, 2.45) is 0 Å². The van der Waals surface area contributed by atoms with E-state index in [1.807, 2.05) is 0 Å². The largest absolute Gasteiger partial charge is 0.496 e. The molecule has 1 unspecified atom stereocenters. The topological polar surface area (TPSA) is 180 Å². The number of aromatic nitrogens is 4. The minimum absolute atomic E-state index is 0.0909. The first kappa shape index (κ1) is 29.4. The molecular weight excluding hydrogens is 586 g/mol. The van der Waals surface area contributed by atoms with E-state index in [1.165, 1.54) is 31.2 Å². The van der Waals surface area contributed by atoms with Crippen molar-refractivity contribution in [3.05, 3.63) is 52.7 Å². The Balaban J connectivity index is 1.44. The molecule has 0 radical (unpaired) electrons. The van der Waals surface area contributed by atoms with E-state index in [1.54, 1.807) is 36.0 Å². The van der Waals surface area contributed by atoms with Crippen LogP contribution in [0.25, 0.3) is 16.3 Å². The van der Waals surface area contributed by atoms with Crippen molar-refractivity contribution in [1.82, 2.24) is 24.9 Å². The number of nitrogens with zero attached hydrogens (tertiary/aromatic N) is 5. The van der Waals surface area contributed by atoms with Crippen LogP contribution in [0.4, 0.5) is 10.9 Å². The fraction of sp³-hybridized carbons (Fsp3) is 0.346. The number of benzene rings is 1. The number of carbonyl (C=O) groups is 1. The van der Waals surface area contributed by atoms with Crippen molar-refractivity contribution in [2.75, 3.05) is 63.9 Å². The van der Waals surface area contributed by atoms with Gasteiger partial charge in [0.15, 0.2) is 5.76 Å². The maximum absolute atomic E-state index is 13.3. The number of methoxy groups -OCH3 is 2. The summed E-state index contributed by atoms with van der Waals surface area (Å²) < 4.78 is 23.9. The van der Waals surface area contributed by atoms with Crippen LogP contribution in [0.2, 0.25) is 0 Å². The molecular formula is C26H29N7O7S2. The number of nitrogens with one attached hydrogen (secondary N) is 1. The lowest BCUT2D eigenvalue weighted by Gasteiger charge is -2.31. The summed E-state index contributed by atoms with van der Waals surface area (Å²) in [5.74, 6) is 0.948. The molecule has 1 saturated heterocycles. The van der Waals surface area contributed by atoms with Crippen LogP contribution in [0.3, 0.4) is 0 Å². The van der Waals surface area contributed by atoms with Gasteiger partial charge < -0.3 is 29.5 Å². The zero-order valence-electron chi connectivity index (χ0n) is 22.8. The van der Waals surface area contributed by atoms with Gasteiger partial charge in [0.1, 0.15) is 23.9 Å². The molecule has 1 aromatic carbocycles. The first-order valence-corrected chi connectivity index (χ1v) is 14.7. The van der Waals surface area contributed by atoms with Crippen LogP contribution in [0.1, 0.15) is 10.6 Å². The molecule has 3 aromatic heterocycles. The van der Waals surface area contributed by atoms with Gasteiger partial charge in [-0.25, -0.2) is 4.79 Å². The van der Waals surface area contributed by atoms with Crippen LogP contribution < -0.4 is 30.9 Å². The molecule has 42 heavy (non-hydrogen) atoms. The summed E-state index contributed by atoms with van der Waals surface area (Å²) in [6.45, 7) is 2.36. The van der Waals surface area contributed by atoms with Gasteiger partial charge in [0.2, 0.25) is 16.0 Å². The number of aliphatic hydroxyl groups excluding tert-OH is 1. The molecule has 0 spiro atoms. The first-order chi connectivity index (χ1) is 20.4. The van der Waals surface area contributed by atoms with Gasteiger partial charge in [-0.1, -0.05) is 17.4 Å². The molecule has 0 aliphatic carbocycles. The van der Waals surface area contributed by atoms with Gasteiger partial charge in [-0.3, -0.25) is 15.0 Å². The molecule has 14 nitrogen and oxygen atoms in total.